The van der Waals surface area contributed by atoms with Crippen LogP contribution in [0.15, 0.2) is 42.0 Å². The van der Waals surface area contributed by atoms with Gasteiger partial charge in [0.25, 0.3) is 5.91 Å². The van der Waals surface area contributed by atoms with E-state index in [0.29, 0.717) is 42.5 Å². The number of thiazole rings is 1. The van der Waals surface area contributed by atoms with Gasteiger partial charge in [0.05, 0.1) is 10.2 Å². The highest BCUT2D eigenvalue weighted by atomic mass is 32.1. The van der Waals surface area contributed by atoms with Crippen molar-refractivity contribution >= 4 is 27.5 Å². The van der Waals surface area contributed by atoms with Gasteiger partial charge in [0.15, 0.2) is 16.3 Å². The molecular formula is C18H18N4O3S. The maximum atomic E-state index is 12.6. The van der Waals surface area contributed by atoms with E-state index in [0.717, 1.165) is 16.0 Å². The predicted molar refractivity (Wildman–Crippen MR) is 98.8 cm³/mol. The van der Waals surface area contributed by atoms with Crippen LogP contribution in [0, 0.1) is 0 Å². The number of amides is 1. The van der Waals surface area contributed by atoms with Crippen molar-refractivity contribution in [2.75, 3.05) is 13.2 Å². The van der Waals surface area contributed by atoms with Gasteiger partial charge in [-0.25, -0.2) is 0 Å². The second-order valence-corrected chi connectivity index (χ2v) is 6.71. The molecule has 8 heteroatoms. The summed E-state index contributed by atoms with van der Waals surface area (Å²) in [7, 11) is 0. The van der Waals surface area contributed by atoms with E-state index in [1.165, 1.54) is 11.3 Å². The minimum absolute atomic E-state index is 0.314. The normalized spacial score (nSPS) is 14.0. The number of hydrogen-bond acceptors (Lipinski definition) is 5. The number of carbonyl (C=O) groups excluding carboxylic acids is 1. The van der Waals surface area contributed by atoms with Gasteiger partial charge in [-0.15, -0.1) is 6.58 Å². The maximum Gasteiger partial charge on any atom is 0.297 e. The number of aryl methyl sites for hydroxylation is 1. The van der Waals surface area contributed by atoms with Crippen molar-refractivity contribution < 1.29 is 14.3 Å². The average Bonchev–Trinajstić information content (AvgIpc) is 3.25. The van der Waals surface area contributed by atoms with E-state index >= 15 is 0 Å². The van der Waals surface area contributed by atoms with E-state index in [1.54, 1.807) is 23.0 Å². The van der Waals surface area contributed by atoms with Crippen LogP contribution in [0.5, 0.6) is 11.5 Å². The summed E-state index contributed by atoms with van der Waals surface area (Å²) >= 11 is 1.44. The van der Waals surface area contributed by atoms with Crippen molar-refractivity contribution in [2.24, 2.45) is 4.99 Å². The number of fused-ring (bicyclic) bond motifs is 2. The van der Waals surface area contributed by atoms with Crippen LogP contribution in [-0.4, -0.2) is 33.5 Å². The lowest BCUT2D eigenvalue weighted by atomic mass is 10.2. The minimum atomic E-state index is -0.314. The van der Waals surface area contributed by atoms with Gasteiger partial charge >= 0.3 is 0 Å². The molecule has 3 aromatic rings. The Balaban J connectivity index is 1.87. The van der Waals surface area contributed by atoms with E-state index in [-0.39, 0.29) is 5.91 Å². The van der Waals surface area contributed by atoms with Crippen molar-refractivity contribution in [3.05, 3.63) is 47.5 Å². The van der Waals surface area contributed by atoms with E-state index < -0.39 is 0 Å². The fourth-order valence-electron chi connectivity index (χ4n) is 2.91. The molecule has 0 saturated heterocycles. The Kier molecular flexibility index (Phi) is 4.34. The third-order valence-corrected chi connectivity index (χ3v) is 5.13. The van der Waals surface area contributed by atoms with Crippen LogP contribution in [-0.2, 0) is 13.1 Å². The molecule has 1 aliphatic rings. The molecule has 26 heavy (non-hydrogen) atoms. The Morgan fingerprint density at radius 3 is 2.88 bits per heavy atom. The predicted octanol–water partition coefficient (Wildman–Crippen LogP) is 2.62. The highest BCUT2D eigenvalue weighted by Crippen LogP contribution is 2.35. The van der Waals surface area contributed by atoms with Gasteiger partial charge in [-0.1, -0.05) is 17.4 Å². The van der Waals surface area contributed by atoms with E-state index in [9.17, 15) is 4.79 Å². The van der Waals surface area contributed by atoms with Crippen LogP contribution in [0.3, 0.4) is 0 Å². The second kappa shape index (κ2) is 6.80. The fourth-order valence-corrected chi connectivity index (χ4v) is 3.96. The quantitative estimate of drug-likeness (QED) is 0.662. The van der Waals surface area contributed by atoms with Crippen LogP contribution in [0.1, 0.15) is 17.4 Å². The summed E-state index contributed by atoms with van der Waals surface area (Å²) in [4.78, 5) is 17.6. The number of allylic oxidation sites excluding steroid dienone is 1. The van der Waals surface area contributed by atoms with Gasteiger partial charge in [0.2, 0.25) is 0 Å². The molecule has 0 radical (unpaired) electrons. The summed E-state index contributed by atoms with van der Waals surface area (Å²) in [6, 6.07) is 5.55. The van der Waals surface area contributed by atoms with Crippen molar-refractivity contribution in [2.45, 2.75) is 20.0 Å². The first-order valence-electron chi connectivity index (χ1n) is 8.36. The van der Waals surface area contributed by atoms with Crippen LogP contribution >= 0.6 is 11.3 Å². The lowest BCUT2D eigenvalue weighted by molar-refractivity contribution is 0.0987. The van der Waals surface area contributed by atoms with E-state index in [2.05, 4.69) is 16.7 Å². The van der Waals surface area contributed by atoms with Crippen molar-refractivity contribution in [1.82, 2.24) is 14.3 Å². The number of ether oxygens (including phenoxy) is 2. The molecule has 7 nitrogen and oxygen atoms in total. The smallest absolute Gasteiger partial charge is 0.297 e. The van der Waals surface area contributed by atoms with E-state index in [1.807, 2.05) is 23.6 Å². The van der Waals surface area contributed by atoms with Gasteiger partial charge in [-0.2, -0.15) is 10.1 Å². The fraction of sp³-hybridized carbons (Fsp3) is 0.278. The molecule has 0 N–H and O–H groups in total. The number of benzene rings is 1. The molecule has 2 aromatic heterocycles. The summed E-state index contributed by atoms with van der Waals surface area (Å²) in [5, 5.41) is 4.13. The lowest BCUT2D eigenvalue weighted by Crippen LogP contribution is -2.18. The Bertz CT molecular complexity index is 1060. The molecule has 0 spiro atoms. The highest BCUT2D eigenvalue weighted by molar-refractivity contribution is 7.16. The van der Waals surface area contributed by atoms with Crippen LogP contribution < -0.4 is 14.3 Å². The molecule has 134 valence electrons. The van der Waals surface area contributed by atoms with Crippen molar-refractivity contribution in [3.63, 3.8) is 0 Å². The summed E-state index contributed by atoms with van der Waals surface area (Å²) in [6.45, 7) is 7.97. The monoisotopic (exact) mass is 370 g/mol. The number of aromatic nitrogens is 3. The Morgan fingerprint density at radius 1 is 1.38 bits per heavy atom. The van der Waals surface area contributed by atoms with Crippen LogP contribution in [0.25, 0.3) is 10.2 Å². The minimum Gasteiger partial charge on any atom is -0.486 e. The van der Waals surface area contributed by atoms with Crippen molar-refractivity contribution in [1.29, 1.82) is 0 Å². The van der Waals surface area contributed by atoms with Gasteiger partial charge in [-0.3, -0.25) is 9.48 Å². The van der Waals surface area contributed by atoms with Gasteiger partial charge in [0.1, 0.15) is 18.9 Å². The summed E-state index contributed by atoms with van der Waals surface area (Å²) in [6.07, 6.45) is 3.39. The molecule has 1 amide bonds. The highest BCUT2D eigenvalue weighted by Gasteiger charge is 2.17. The van der Waals surface area contributed by atoms with Gasteiger partial charge < -0.3 is 14.0 Å². The molecule has 0 saturated carbocycles. The molecule has 0 aliphatic carbocycles. The van der Waals surface area contributed by atoms with Crippen LogP contribution in [0.2, 0.25) is 0 Å². The lowest BCUT2D eigenvalue weighted by Gasteiger charge is -2.18. The van der Waals surface area contributed by atoms with Gasteiger partial charge in [-0.05, 0) is 13.0 Å². The van der Waals surface area contributed by atoms with Crippen LogP contribution in [0.4, 0.5) is 0 Å². The molecule has 1 aromatic carbocycles. The molecule has 0 unspecified atom stereocenters. The Hall–Kier alpha value is -2.87. The number of hydrogen-bond donors (Lipinski definition) is 0. The first kappa shape index (κ1) is 16.6. The molecular weight excluding hydrogens is 352 g/mol. The first-order chi connectivity index (χ1) is 12.7. The van der Waals surface area contributed by atoms with Crippen molar-refractivity contribution in [3.8, 4) is 11.5 Å². The molecule has 1 aliphatic heterocycles. The summed E-state index contributed by atoms with van der Waals surface area (Å²) in [5.74, 6) is 1.12. The third kappa shape index (κ3) is 2.82. The molecule has 0 bridgehead atoms. The number of carbonyl (C=O) groups is 1. The van der Waals surface area contributed by atoms with E-state index in [4.69, 9.17) is 9.47 Å². The summed E-state index contributed by atoms with van der Waals surface area (Å²) in [5.41, 5.74) is 1.41. The number of nitrogens with zero attached hydrogens (tertiary/aromatic N) is 4. The zero-order valence-corrected chi connectivity index (χ0v) is 15.2. The number of rotatable bonds is 4. The zero-order valence-electron chi connectivity index (χ0n) is 14.3. The molecule has 0 fully saturated rings. The molecule has 3 heterocycles. The first-order valence-corrected chi connectivity index (χ1v) is 9.17. The maximum absolute atomic E-state index is 12.6. The average molecular weight is 370 g/mol. The Labute approximate surface area is 153 Å². The Morgan fingerprint density at radius 2 is 2.15 bits per heavy atom. The third-order valence-electron chi connectivity index (χ3n) is 4.09. The molecule has 0 atom stereocenters. The standard InChI is InChI=1S/C18H18N4O3S/c1-3-7-21-13-10-14-15(25-9-8-24-14)11-16(13)26-18(21)20-17(23)12-5-6-19-22(12)4-2/h3,5-6,10-11H,1,4,7-9H2,2H3. The van der Waals surface area contributed by atoms with Gasteiger partial charge in [0, 0.05) is 31.4 Å². The SMILES string of the molecule is C=CCn1c(=NC(=O)c2ccnn2CC)sc2cc3c(cc21)OCCO3. The topological polar surface area (TPSA) is 70.6 Å². The summed E-state index contributed by atoms with van der Waals surface area (Å²) < 4.78 is 15.9. The largest absolute Gasteiger partial charge is 0.486 e. The zero-order chi connectivity index (χ0) is 18.1. The second-order valence-electron chi connectivity index (χ2n) is 5.70. The molecule has 4 rings (SSSR count).